The molecule has 1 aromatic heterocycles. The van der Waals surface area contributed by atoms with Gasteiger partial charge in [-0.05, 0) is 26.0 Å². The van der Waals surface area contributed by atoms with Crippen molar-refractivity contribution in [3.8, 4) is 0 Å². The number of aromatic nitrogens is 2. The van der Waals surface area contributed by atoms with E-state index in [1.165, 1.54) is 11.8 Å². The van der Waals surface area contributed by atoms with E-state index in [-0.39, 0.29) is 11.8 Å². The van der Waals surface area contributed by atoms with Crippen molar-refractivity contribution in [1.29, 1.82) is 0 Å². The van der Waals surface area contributed by atoms with Crippen LogP contribution in [0.25, 0.3) is 0 Å². The SMILES string of the molecule is CCn1cc(NC(=O)[C@@]2(C)Sc3ccccc3N(C)C2=O)cn1. The van der Waals surface area contributed by atoms with Crippen molar-refractivity contribution < 1.29 is 9.59 Å². The Morgan fingerprint density at radius 2 is 2.13 bits per heavy atom. The average molecular weight is 330 g/mol. The maximum atomic E-state index is 12.7. The van der Waals surface area contributed by atoms with Gasteiger partial charge in [0.2, 0.25) is 5.91 Å². The molecule has 0 aliphatic carbocycles. The fraction of sp³-hybridized carbons (Fsp3) is 0.312. The van der Waals surface area contributed by atoms with Gasteiger partial charge in [-0.15, -0.1) is 0 Å². The molecule has 0 radical (unpaired) electrons. The minimum atomic E-state index is -1.21. The van der Waals surface area contributed by atoms with E-state index in [1.807, 2.05) is 31.2 Å². The largest absolute Gasteiger partial charge is 0.322 e. The van der Waals surface area contributed by atoms with Crippen molar-refractivity contribution in [1.82, 2.24) is 9.78 Å². The molecular formula is C16H18N4O2S. The van der Waals surface area contributed by atoms with Crippen LogP contribution in [0.1, 0.15) is 13.8 Å². The van der Waals surface area contributed by atoms with Crippen LogP contribution in [-0.2, 0) is 16.1 Å². The predicted octanol–water partition coefficient (Wildman–Crippen LogP) is 2.37. The second-order valence-electron chi connectivity index (χ2n) is 5.51. The number of nitrogens with zero attached hydrogens (tertiary/aromatic N) is 3. The molecule has 0 spiro atoms. The average Bonchev–Trinajstić information content (AvgIpc) is 3.00. The molecule has 1 atom stereocenters. The zero-order valence-corrected chi connectivity index (χ0v) is 14.1. The molecule has 3 rings (SSSR count). The number of para-hydroxylation sites is 1. The molecule has 2 heterocycles. The summed E-state index contributed by atoms with van der Waals surface area (Å²) in [6.45, 7) is 4.34. The van der Waals surface area contributed by atoms with Crippen LogP contribution in [0.5, 0.6) is 0 Å². The van der Waals surface area contributed by atoms with Crippen LogP contribution in [-0.4, -0.2) is 33.4 Å². The quantitative estimate of drug-likeness (QED) is 0.878. The van der Waals surface area contributed by atoms with Crippen molar-refractivity contribution >= 4 is 35.0 Å². The summed E-state index contributed by atoms with van der Waals surface area (Å²) in [6.07, 6.45) is 3.33. The molecule has 0 saturated heterocycles. The Bertz CT molecular complexity index is 773. The molecule has 2 amide bonds. The molecule has 0 saturated carbocycles. The van der Waals surface area contributed by atoms with E-state index < -0.39 is 4.75 Å². The van der Waals surface area contributed by atoms with E-state index in [9.17, 15) is 9.59 Å². The number of hydrogen-bond donors (Lipinski definition) is 1. The number of carbonyl (C=O) groups is 2. The number of fused-ring (bicyclic) bond motifs is 1. The molecule has 1 aliphatic rings. The van der Waals surface area contributed by atoms with E-state index in [2.05, 4.69) is 10.4 Å². The highest BCUT2D eigenvalue weighted by Gasteiger charge is 2.48. The Morgan fingerprint density at radius 3 is 2.83 bits per heavy atom. The van der Waals surface area contributed by atoms with Gasteiger partial charge in [-0.3, -0.25) is 14.3 Å². The third-order valence-corrected chi connectivity index (χ3v) is 5.24. The highest BCUT2D eigenvalue weighted by molar-refractivity contribution is 8.02. The van der Waals surface area contributed by atoms with Gasteiger partial charge in [-0.25, -0.2) is 0 Å². The molecule has 2 aromatic rings. The van der Waals surface area contributed by atoms with Gasteiger partial charge in [-0.1, -0.05) is 23.9 Å². The van der Waals surface area contributed by atoms with Gasteiger partial charge in [0.25, 0.3) is 5.91 Å². The molecule has 0 fully saturated rings. The molecule has 23 heavy (non-hydrogen) atoms. The number of carbonyl (C=O) groups excluding carboxylic acids is 2. The molecule has 7 heteroatoms. The standard InChI is InChI=1S/C16H18N4O2S/c1-4-20-10-11(9-17-20)18-14(21)16(2)15(22)19(3)12-7-5-6-8-13(12)23-16/h5-10H,4H2,1-3H3,(H,18,21)/t16-/m1/s1. The normalized spacial score (nSPS) is 20.3. The van der Waals surface area contributed by atoms with Crippen LogP contribution >= 0.6 is 11.8 Å². The Morgan fingerprint density at radius 1 is 1.39 bits per heavy atom. The second-order valence-corrected chi connectivity index (χ2v) is 6.97. The summed E-state index contributed by atoms with van der Waals surface area (Å²) in [5.41, 5.74) is 1.42. The molecule has 0 unspecified atom stereocenters. The summed E-state index contributed by atoms with van der Waals surface area (Å²) >= 11 is 1.28. The first-order valence-corrected chi connectivity index (χ1v) is 8.17. The minimum Gasteiger partial charge on any atom is -0.322 e. The fourth-order valence-corrected chi connectivity index (χ4v) is 3.77. The van der Waals surface area contributed by atoms with Gasteiger partial charge < -0.3 is 10.2 Å². The van der Waals surface area contributed by atoms with Crippen molar-refractivity contribution in [2.75, 3.05) is 17.3 Å². The van der Waals surface area contributed by atoms with Crippen molar-refractivity contribution in [2.45, 2.75) is 30.0 Å². The van der Waals surface area contributed by atoms with E-state index in [1.54, 1.807) is 35.9 Å². The number of hydrogen-bond acceptors (Lipinski definition) is 4. The van der Waals surface area contributed by atoms with Gasteiger partial charge in [-0.2, -0.15) is 5.10 Å². The maximum absolute atomic E-state index is 12.7. The summed E-state index contributed by atoms with van der Waals surface area (Å²) in [5.74, 6) is -0.578. The number of benzene rings is 1. The monoisotopic (exact) mass is 330 g/mol. The van der Waals surface area contributed by atoms with E-state index in [4.69, 9.17) is 0 Å². The number of anilines is 2. The third-order valence-electron chi connectivity index (χ3n) is 3.90. The van der Waals surface area contributed by atoms with Crippen LogP contribution in [0.2, 0.25) is 0 Å². The summed E-state index contributed by atoms with van der Waals surface area (Å²) in [6, 6.07) is 7.58. The highest BCUT2D eigenvalue weighted by atomic mass is 32.2. The lowest BCUT2D eigenvalue weighted by molar-refractivity contribution is -0.128. The number of thioether (sulfide) groups is 1. The third kappa shape index (κ3) is 2.61. The first-order chi connectivity index (χ1) is 11.0. The van der Waals surface area contributed by atoms with Crippen LogP contribution in [0.15, 0.2) is 41.6 Å². The Labute approximate surface area is 138 Å². The molecule has 1 aliphatic heterocycles. The van der Waals surface area contributed by atoms with E-state index in [0.29, 0.717) is 5.69 Å². The lowest BCUT2D eigenvalue weighted by Crippen LogP contribution is -2.53. The van der Waals surface area contributed by atoms with Crippen LogP contribution in [0.3, 0.4) is 0 Å². The Kier molecular flexibility index (Phi) is 3.89. The summed E-state index contributed by atoms with van der Waals surface area (Å²) in [4.78, 5) is 27.9. The van der Waals surface area contributed by atoms with Gasteiger partial charge in [0.1, 0.15) is 0 Å². The number of rotatable bonds is 3. The van der Waals surface area contributed by atoms with E-state index >= 15 is 0 Å². The Hall–Kier alpha value is -2.28. The van der Waals surface area contributed by atoms with E-state index in [0.717, 1.165) is 17.1 Å². The first-order valence-electron chi connectivity index (χ1n) is 7.36. The molecule has 1 N–H and O–H groups in total. The predicted molar refractivity (Wildman–Crippen MR) is 90.6 cm³/mol. The van der Waals surface area contributed by atoms with Gasteiger partial charge in [0.15, 0.2) is 4.75 Å². The molecule has 120 valence electrons. The molecule has 1 aromatic carbocycles. The van der Waals surface area contributed by atoms with Crippen molar-refractivity contribution in [3.05, 3.63) is 36.7 Å². The topological polar surface area (TPSA) is 67.2 Å². The lowest BCUT2D eigenvalue weighted by atomic mass is 10.1. The Balaban J connectivity index is 1.88. The maximum Gasteiger partial charge on any atom is 0.252 e. The number of nitrogens with one attached hydrogen (secondary N) is 1. The minimum absolute atomic E-state index is 0.235. The zero-order chi connectivity index (χ0) is 16.6. The van der Waals surface area contributed by atoms with Gasteiger partial charge in [0.05, 0.1) is 17.6 Å². The van der Waals surface area contributed by atoms with Crippen molar-refractivity contribution in [2.24, 2.45) is 0 Å². The zero-order valence-electron chi connectivity index (χ0n) is 13.2. The molecule has 0 bridgehead atoms. The molecular weight excluding hydrogens is 312 g/mol. The summed E-state index contributed by atoms with van der Waals surface area (Å²) < 4.78 is 0.507. The smallest absolute Gasteiger partial charge is 0.252 e. The van der Waals surface area contributed by atoms with Gasteiger partial charge in [0, 0.05) is 24.7 Å². The van der Waals surface area contributed by atoms with Crippen LogP contribution in [0, 0.1) is 0 Å². The summed E-state index contributed by atoms with van der Waals surface area (Å²) in [7, 11) is 1.70. The second kappa shape index (κ2) is 5.73. The molecule has 6 nitrogen and oxygen atoms in total. The highest BCUT2D eigenvalue weighted by Crippen LogP contribution is 2.45. The lowest BCUT2D eigenvalue weighted by Gasteiger charge is -2.36. The fourth-order valence-electron chi connectivity index (χ4n) is 2.51. The van der Waals surface area contributed by atoms with Crippen molar-refractivity contribution in [3.63, 3.8) is 0 Å². The summed E-state index contributed by atoms with van der Waals surface area (Å²) in [5, 5.41) is 6.92. The van der Waals surface area contributed by atoms with Crippen LogP contribution in [0.4, 0.5) is 11.4 Å². The number of aryl methyl sites for hydroxylation is 1. The van der Waals surface area contributed by atoms with Gasteiger partial charge >= 0.3 is 0 Å². The first kappa shape index (κ1) is 15.6. The van der Waals surface area contributed by atoms with Crippen LogP contribution < -0.4 is 10.2 Å². The number of amides is 2.